The predicted molar refractivity (Wildman–Crippen MR) is 159 cm³/mol. The van der Waals surface area contributed by atoms with Gasteiger partial charge in [0.25, 0.3) is 11.9 Å². The minimum atomic E-state index is -4.90. The summed E-state index contributed by atoms with van der Waals surface area (Å²) in [6.07, 6.45) is -2.85. The van der Waals surface area contributed by atoms with Gasteiger partial charge in [0, 0.05) is 45.2 Å². The number of carbonyl (C=O) groups is 2. The third-order valence-corrected chi connectivity index (χ3v) is 7.83. The highest BCUT2D eigenvalue weighted by atomic mass is 19.4. The first-order valence-electron chi connectivity index (χ1n) is 14.4. The zero-order valence-electron chi connectivity index (χ0n) is 23.9. The van der Waals surface area contributed by atoms with Gasteiger partial charge in [0.2, 0.25) is 5.76 Å². The SMILES string of the molecule is O=C(Nc1ccc(N2CCN(C(=O)Nc3ccccc3F)CC2)nc1)c1oc(N2CCC(c3ccccc3)C2)nc1C(F)(F)F. The number of anilines is 4. The van der Waals surface area contributed by atoms with Gasteiger partial charge in [0.15, 0.2) is 5.69 Å². The van der Waals surface area contributed by atoms with Gasteiger partial charge in [-0.15, -0.1) is 0 Å². The van der Waals surface area contributed by atoms with E-state index in [0.29, 0.717) is 51.5 Å². The normalized spacial score (nSPS) is 17.0. The average molecular weight is 624 g/mol. The number of hydrogen-bond donors (Lipinski definition) is 2. The molecule has 234 valence electrons. The molecule has 3 amide bonds. The van der Waals surface area contributed by atoms with Gasteiger partial charge in [-0.05, 0) is 36.2 Å². The molecule has 2 aromatic carbocycles. The molecule has 45 heavy (non-hydrogen) atoms. The average Bonchev–Trinajstić information content (AvgIpc) is 3.72. The summed E-state index contributed by atoms with van der Waals surface area (Å²) in [6, 6.07) is 18.0. The van der Waals surface area contributed by atoms with E-state index in [1.165, 1.54) is 30.5 Å². The molecule has 1 unspecified atom stereocenters. The fourth-order valence-electron chi connectivity index (χ4n) is 5.45. The molecule has 0 aliphatic carbocycles. The lowest BCUT2D eigenvalue weighted by molar-refractivity contribution is -0.141. The van der Waals surface area contributed by atoms with Gasteiger partial charge in [0.1, 0.15) is 11.6 Å². The molecule has 0 bridgehead atoms. The molecule has 2 N–H and O–H groups in total. The molecule has 4 heterocycles. The zero-order valence-corrected chi connectivity index (χ0v) is 23.9. The molecule has 2 aromatic heterocycles. The summed E-state index contributed by atoms with van der Waals surface area (Å²) in [6.45, 7) is 2.46. The number of halogens is 4. The molecule has 1 atom stereocenters. The van der Waals surface area contributed by atoms with Crippen LogP contribution in [0.4, 0.5) is 45.6 Å². The minimum Gasteiger partial charge on any atom is -0.417 e. The Bertz CT molecular complexity index is 1660. The molecule has 0 spiro atoms. The highest BCUT2D eigenvalue weighted by Crippen LogP contribution is 2.37. The fourth-order valence-corrected chi connectivity index (χ4v) is 5.45. The second kappa shape index (κ2) is 12.5. The number of carbonyl (C=O) groups excluding carboxylic acids is 2. The number of nitrogens with zero attached hydrogens (tertiary/aromatic N) is 5. The third-order valence-electron chi connectivity index (χ3n) is 7.83. The molecule has 2 fully saturated rings. The van der Waals surface area contributed by atoms with Crippen LogP contribution >= 0.6 is 0 Å². The van der Waals surface area contributed by atoms with E-state index in [0.717, 1.165) is 5.56 Å². The summed E-state index contributed by atoms with van der Waals surface area (Å²) in [5.41, 5.74) is -0.0489. The maximum Gasteiger partial charge on any atom is 0.437 e. The van der Waals surface area contributed by atoms with Crippen molar-refractivity contribution in [3.63, 3.8) is 0 Å². The van der Waals surface area contributed by atoms with Crippen molar-refractivity contribution in [1.82, 2.24) is 14.9 Å². The van der Waals surface area contributed by atoms with Gasteiger partial charge >= 0.3 is 12.2 Å². The van der Waals surface area contributed by atoms with Crippen molar-refractivity contribution in [2.75, 3.05) is 59.7 Å². The molecular formula is C31H29F4N7O3. The maximum atomic E-state index is 13.9. The second-order valence-corrected chi connectivity index (χ2v) is 10.8. The number of piperazine rings is 1. The number of aromatic nitrogens is 2. The highest BCUT2D eigenvalue weighted by molar-refractivity contribution is 6.03. The number of benzene rings is 2. The molecule has 0 saturated carbocycles. The summed E-state index contributed by atoms with van der Waals surface area (Å²) in [5.74, 6) is -1.88. The van der Waals surface area contributed by atoms with E-state index in [-0.39, 0.29) is 23.3 Å². The summed E-state index contributed by atoms with van der Waals surface area (Å²) in [7, 11) is 0. The Balaban J connectivity index is 1.07. The number of amides is 3. The van der Waals surface area contributed by atoms with E-state index in [4.69, 9.17) is 4.42 Å². The molecule has 2 aliphatic rings. The Morgan fingerprint density at radius 3 is 2.29 bits per heavy atom. The lowest BCUT2D eigenvalue weighted by Gasteiger charge is -2.35. The molecule has 2 aliphatic heterocycles. The monoisotopic (exact) mass is 623 g/mol. The first-order chi connectivity index (χ1) is 21.7. The first-order valence-corrected chi connectivity index (χ1v) is 14.4. The van der Waals surface area contributed by atoms with Gasteiger partial charge in [-0.25, -0.2) is 14.2 Å². The Labute approximate surface area is 255 Å². The Morgan fingerprint density at radius 2 is 1.60 bits per heavy atom. The minimum absolute atomic E-state index is 0.0980. The molecule has 0 radical (unpaired) electrons. The Hall–Kier alpha value is -5.14. The predicted octanol–water partition coefficient (Wildman–Crippen LogP) is 5.83. The van der Waals surface area contributed by atoms with Gasteiger partial charge < -0.3 is 29.8 Å². The molecule has 14 heteroatoms. The van der Waals surface area contributed by atoms with Crippen molar-refractivity contribution in [3.05, 3.63) is 95.8 Å². The summed E-state index contributed by atoms with van der Waals surface area (Å²) in [4.78, 5) is 38.6. The molecule has 2 saturated heterocycles. The molecule has 6 rings (SSSR count). The lowest BCUT2D eigenvalue weighted by Crippen LogP contribution is -2.50. The van der Waals surface area contributed by atoms with Crippen molar-refractivity contribution in [3.8, 4) is 0 Å². The number of urea groups is 1. The number of rotatable bonds is 6. The van der Waals surface area contributed by atoms with Crippen LogP contribution in [0.25, 0.3) is 0 Å². The largest absolute Gasteiger partial charge is 0.437 e. The fraction of sp³-hybridized carbons (Fsp3) is 0.290. The summed E-state index contributed by atoms with van der Waals surface area (Å²) in [5, 5.41) is 4.99. The quantitative estimate of drug-likeness (QED) is 0.261. The van der Waals surface area contributed by atoms with Crippen LogP contribution in [0.3, 0.4) is 0 Å². The van der Waals surface area contributed by atoms with Crippen LogP contribution in [0.5, 0.6) is 0 Å². The summed E-state index contributed by atoms with van der Waals surface area (Å²) >= 11 is 0. The van der Waals surface area contributed by atoms with Crippen LogP contribution in [-0.2, 0) is 6.18 Å². The number of nitrogens with one attached hydrogen (secondary N) is 2. The van der Waals surface area contributed by atoms with E-state index in [1.54, 1.807) is 21.9 Å². The van der Waals surface area contributed by atoms with Gasteiger partial charge in [-0.1, -0.05) is 42.5 Å². The van der Waals surface area contributed by atoms with Crippen LogP contribution in [0.15, 0.2) is 77.3 Å². The van der Waals surface area contributed by atoms with E-state index < -0.39 is 35.4 Å². The number of oxazole rings is 1. The van der Waals surface area contributed by atoms with Crippen LogP contribution in [0.2, 0.25) is 0 Å². The standard InChI is InChI=1S/C31H29F4N7O3/c32-23-8-4-5-9-24(23)38-29(44)41-16-14-40(15-17-41)25-11-10-22(18-36-25)37-28(43)26-27(31(33,34)35)39-30(45-26)42-13-12-21(19-42)20-6-2-1-3-7-20/h1-11,18,21H,12-17,19H2,(H,37,43)(H,38,44). The lowest BCUT2D eigenvalue weighted by atomic mass is 9.99. The Morgan fingerprint density at radius 1 is 0.867 bits per heavy atom. The molecule has 10 nitrogen and oxygen atoms in total. The summed E-state index contributed by atoms with van der Waals surface area (Å²) < 4.78 is 60.9. The van der Waals surface area contributed by atoms with Crippen molar-refractivity contribution >= 4 is 35.1 Å². The number of alkyl halides is 3. The van der Waals surface area contributed by atoms with E-state index in [2.05, 4.69) is 20.6 Å². The van der Waals surface area contributed by atoms with Crippen LogP contribution in [0, 0.1) is 5.82 Å². The molecule has 4 aromatic rings. The van der Waals surface area contributed by atoms with Crippen LogP contribution < -0.4 is 20.4 Å². The zero-order chi connectivity index (χ0) is 31.6. The molecular weight excluding hydrogens is 594 g/mol. The van der Waals surface area contributed by atoms with Gasteiger partial charge in [-0.3, -0.25) is 4.79 Å². The van der Waals surface area contributed by atoms with Crippen molar-refractivity contribution < 1.29 is 31.6 Å². The Kier molecular flexibility index (Phi) is 8.28. The van der Waals surface area contributed by atoms with Gasteiger partial charge in [0.05, 0.1) is 17.6 Å². The van der Waals surface area contributed by atoms with Crippen molar-refractivity contribution in [2.24, 2.45) is 0 Å². The second-order valence-electron chi connectivity index (χ2n) is 10.8. The van der Waals surface area contributed by atoms with Crippen LogP contribution in [-0.4, -0.2) is 66.1 Å². The van der Waals surface area contributed by atoms with Crippen molar-refractivity contribution in [1.29, 1.82) is 0 Å². The number of para-hydroxylation sites is 1. The smallest absolute Gasteiger partial charge is 0.417 e. The first kappa shape index (κ1) is 29.9. The van der Waals surface area contributed by atoms with Crippen LogP contribution in [0.1, 0.15) is 34.2 Å². The van der Waals surface area contributed by atoms with E-state index in [1.807, 2.05) is 35.2 Å². The van der Waals surface area contributed by atoms with E-state index >= 15 is 0 Å². The van der Waals surface area contributed by atoms with E-state index in [9.17, 15) is 27.2 Å². The topological polar surface area (TPSA) is 107 Å². The maximum absolute atomic E-state index is 13.9. The number of hydrogen-bond acceptors (Lipinski definition) is 7. The third kappa shape index (κ3) is 6.69. The van der Waals surface area contributed by atoms with Gasteiger partial charge in [-0.2, -0.15) is 18.2 Å². The van der Waals surface area contributed by atoms with Crippen molar-refractivity contribution in [2.45, 2.75) is 18.5 Å². The number of pyridine rings is 1. The highest BCUT2D eigenvalue weighted by Gasteiger charge is 2.42.